The van der Waals surface area contributed by atoms with Crippen molar-refractivity contribution in [1.82, 2.24) is 10.6 Å². The van der Waals surface area contributed by atoms with Gasteiger partial charge in [0.2, 0.25) is 5.91 Å². The van der Waals surface area contributed by atoms with Gasteiger partial charge in [0.1, 0.15) is 0 Å². The van der Waals surface area contributed by atoms with Crippen LogP contribution in [-0.4, -0.2) is 25.5 Å². The van der Waals surface area contributed by atoms with E-state index in [-0.39, 0.29) is 5.91 Å². The minimum atomic E-state index is 0.118. The summed E-state index contributed by atoms with van der Waals surface area (Å²) in [5.74, 6) is 0.118. The van der Waals surface area contributed by atoms with Crippen LogP contribution >= 0.6 is 0 Å². The van der Waals surface area contributed by atoms with Gasteiger partial charge in [0.15, 0.2) is 0 Å². The summed E-state index contributed by atoms with van der Waals surface area (Å²) >= 11 is 0. The second kappa shape index (κ2) is 3.56. The minimum Gasteiger partial charge on any atom is -0.352 e. The van der Waals surface area contributed by atoms with Gasteiger partial charge in [-0.25, -0.2) is 0 Å². The van der Waals surface area contributed by atoms with Gasteiger partial charge in [-0.2, -0.15) is 0 Å². The van der Waals surface area contributed by atoms with Crippen LogP contribution in [-0.2, 0) is 4.79 Å². The van der Waals surface area contributed by atoms with E-state index in [4.69, 9.17) is 0 Å². The molecule has 0 aromatic rings. The second-order valence-corrected chi connectivity index (χ2v) is 2.73. The zero-order chi connectivity index (χ0) is 7.40. The molecular formula is C7H14N2O. The van der Waals surface area contributed by atoms with Crippen molar-refractivity contribution in [3.8, 4) is 0 Å². The highest BCUT2D eigenvalue weighted by Gasteiger charge is 2.18. The van der Waals surface area contributed by atoms with E-state index in [1.54, 1.807) is 7.05 Å². The van der Waals surface area contributed by atoms with Gasteiger partial charge in [0.25, 0.3) is 0 Å². The Morgan fingerprint density at radius 3 is 2.70 bits per heavy atom. The molecule has 0 aliphatic heterocycles. The number of nitrogens with one attached hydrogen (secondary N) is 2. The topological polar surface area (TPSA) is 41.1 Å². The molecule has 1 aliphatic carbocycles. The summed E-state index contributed by atoms with van der Waals surface area (Å²) in [5.41, 5.74) is 0. The van der Waals surface area contributed by atoms with Crippen LogP contribution in [0.3, 0.4) is 0 Å². The van der Waals surface area contributed by atoms with E-state index in [1.165, 1.54) is 6.42 Å². The fourth-order valence-electron chi connectivity index (χ4n) is 0.992. The zero-order valence-electron chi connectivity index (χ0n) is 6.31. The maximum Gasteiger partial charge on any atom is 0.234 e. The number of carbonyl (C=O) groups excluding carboxylic acids is 1. The Morgan fingerprint density at radius 2 is 2.30 bits per heavy atom. The van der Waals surface area contributed by atoms with Gasteiger partial charge in [-0.3, -0.25) is 4.79 Å². The molecule has 1 fully saturated rings. The van der Waals surface area contributed by atoms with Crippen LogP contribution in [0.2, 0.25) is 0 Å². The molecule has 3 heteroatoms. The number of rotatable bonds is 3. The molecule has 10 heavy (non-hydrogen) atoms. The van der Waals surface area contributed by atoms with Gasteiger partial charge in [-0.1, -0.05) is 0 Å². The summed E-state index contributed by atoms with van der Waals surface area (Å²) in [4.78, 5) is 10.9. The summed E-state index contributed by atoms with van der Waals surface area (Å²) in [5, 5.41) is 5.72. The van der Waals surface area contributed by atoms with Gasteiger partial charge in [-0.15, -0.1) is 0 Å². The van der Waals surface area contributed by atoms with Crippen LogP contribution in [0.25, 0.3) is 0 Å². The molecule has 0 radical (unpaired) electrons. The normalized spacial score (nSPS) is 18.1. The van der Waals surface area contributed by atoms with Crippen LogP contribution in [0.15, 0.2) is 0 Å². The van der Waals surface area contributed by atoms with E-state index < -0.39 is 0 Å². The van der Waals surface area contributed by atoms with E-state index in [9.17, 15) is 4.79 Å². The third kappa shape index (κ3) is 1.99. The first-order valence-corrected chi connectivity index (χ1v) is 3.77. The number of likely N-dealkylation sites (N-methyl/N-ethyl adjacent to an activating group) is 1. The Morgan fingerprint density at radius 1 is 1.60 bits per heavy atom. The highest BCUT2D eigenvalue weighted by molar-refractivity contribution is 5.78. The van der Waals surface area contributed by atoms with Crippen LogP contribution in [0.5, 0.6) is 0 Å². The average Bonchev–Trinajstić information content (AvgIpc) is 1.80. The third-order valence-corrected chi connectivity index (χ3v) is 1.81. The van der Waals surface area contributed by atoms with Crippen molar-refractivity contribution >= 4 is 5.91 Å². The van der Waals surface area contributed by atoms with Crippen LogP contribution < -0.4 is 10.6 Å². The van der Waals surface area contributed by atoms with Gasteiger partial charge in [0.05, 0.1) is 6.54 Å². The van der Waals surface area contributed by atoms with Crippen molar-refractivity contribution in [2.45, 2.75) is 25.3 Å². The second-order valence-electron chi connectivity index (χ2n) is 2.73. The Labute approximate surface area is 61.2 Å². The van der Waals surface area contributed by atoms with Crippen molar-refractivity contribution in [2.75, 3.05) is 13.6 Å². The Balaban J connectivity index is 2.05. The maximum absolute atomic E-state index is 10.9. The summed E-state index contributed by atoms with van der Waals surface area (Å²) in [6.45, 7) is 0.441. The molecule has 0 aromatic heterocycles. The number of hydrogen-bond acceptors (Lipinski definition) is 2. The maximum atomic E-state index is 10.9. The lowest BCUT2D eigenvalue weighted by molar-refractivity contribution is -0.121. The summed E-state index contributed by atoms with van der Waals surface area (Å²) < 4.78 is 0. The van der Waals surface area contributed by atoms with Gasteiger partial charge in [0, 0.05) is 6.04 Å². The molecule has 0 heterocycles. The Bertz CT molecular complexity index is 121. The molecule has 0 saturated heterocycles. The highest BCUT2D eigenvalue weighted by Crippen LogP contribution is 2.17. The van der Waals surface area contributed by atoms with Crippen LogP contribution in [0.4, 0.5) is 0 Å². The fourth-order valence-corrected chi connectivity index (χ4v) is 0.992. The van der Waals surface area contributed by atoms with Gasteiger partial charge < -0.3 is 10.6 Å². The monoisotopic (exact) mass is 142 g/mol. The van der Waals surface area contributed by atoms with Crippen molar-refractivity contribution in [2.24, 2.45) is 0 Å². The van der Waals surface area contributed by atoms with Gasteiger partial charge in [-0.05, 0) is 26.3 Å². The third-order valence-electron chi connectivity index (χ3n) is 1.81. The van der Waals surface area contributed by atoms with Crippen molar-refractivity contribution in [3.05, 3.63) is 0 Å². The summed E-state index contributed by atoms with van der Waals surface area (Å²) in [6.07, 6.45) is 3.59. The largest absolute Gasteiger partial charge is 0.352 e. The first-order valence-electron chi connectivity index (χ1n) is 3.77. The smallest absolute Gasteiger partial charge is 0.234 e. The molecule has 0 unspecified atom stereocenters. The van der Waals surface area contributed by atoms with E-state index in [0.29, 0.717) is 12.6 Å². The zero-order valence-corrected chi connectivity index (χ0v) is 6.31. The molecule has 1 aliphatic rings. The lowest BCUT2D eigenvalue weighted by Crippen LogP contribution is -2.43. The first-order chi connectivity index (χ1) is 4.83. The number of hydrogen-bond donors (Lipinski definition) is 2. The van der Waals surface area contributed by atoms with Gasteiger partial charge >= 0.3 is 0 Å². The molecule has 2 N–H and O–H groups in total. The summed E-state index contributed by atoms with van der Waals surface area (Å²) in [6, 6.07) is 0.473. The van der Waals surface area contributed by atoms with E-state index in [0.717, 1.165) is 12.8 Å². The van der Waals surface area contributed by atoms with Crippen LogP contribution in [0.1, 0.15) is 19.3 Å². The molecule has 0 atom stereocenters. The molecule has 1 rings (SSSR count). The predicted molar refractivity (Wildman–Crippen MR) is 39.7 cm³/mol. The standard InChI is InChI=1S/C7H14N2O/c1-8-5-7(10)9-6-3-2-4-6/h6,8H,2-5H2,1H3,(H,9,10). The Kier molecular flexibility index (Phi) is 2.68. The Hall–Kier alpha value is -0.570. The lowest BCUT2D eigenvalue weighted by atomic mass is 9.93. The van der Waals surface area contributed by atoms with E-state index in [1.807, 2.05) is 0 Å². The van der Waals surface area contributed by atoms with Crippen LogP contribution in [0, 0.1) is 0 Å². The molecular weight excluding hydrogens is 128 g/mol. The summed E-state index contributed by atoms with van der Waals surface area (Å²) in [7, 11) is 1.78. The molecule has 1 saturated carbocycles. The molecule has 58 valence electrons. The lowest BCUT2D eigenvalue weighted by Gasteiger charge is -2.26. The molecule has 0 aromatic carbocycles. The molecule has 3 nitrogen and oxygen atoms in total. The molecule has 0 spiro atoms. The predicted octanol–water partition coefficient (Wildman–Crippen LogP) is -0.126. The SMILES string of the molecule is CNCC(=O)NC1CCC1. The average molecular weight is 142 g/mol. The minimum absolute atomic E-state index is 0.118. The van der Waals surface area contributed by atoms with Crippen molar-refractivity contribution in [3.63, 3.8) is 0 Å². The van der Waals surface area contributed by atoms with E-state index in [2.05, 4.69) is 10.6 Å². The first kappa shape index (κ1) is 7.54. The molecule has 0 bridgehead atoms. The highest BCUT2D eigenvalue weighted by atomic mass is 16.1. The number of carbonyl (C=O) groups is 1. The van der Waals surface area contributed by atoms with Crippen molar-refractivity contribution in [1.29, 1.82) is 0 Å². The number of amides is 1. The quantitative estimate of drug-likeness (QED) is 0.576. The van der Waals surface area contributed by atoms with Crippen molar-refractivity contribution < 1.29 is 4.79 Å². The fraction of sp³-hybridized carbons (Fsp3) is 0.857. The van der Waals surface area contributed by atoms with E-state index >= 15 is 0 Å². The molecule has 1 amide bonds.